The van der Waals surface area contributed by atoms with Gasteiger partial charge in [0.2, 0.25) is 10.0 Å². The van der Waals surface area contributed by atoms with E-state index in [4.69, 9.17) is 21.1 Å². The maximum atomic E-state index is 12.5. The Hall–Kier alpha value is -1.68. The number of ether oxygens (including phenoxy) is 2. The van der Waals surface area contributed by atoms with Crippen LogP contribution in [0, 0.1) is 0 Å². The molecule has 8 nitrogen and oxygen atoms in total. The number of hydrogen-bond donors (Lipinski definition) is 1. The summed E-state index contributed by atoms with van der Waals surface area (Å²) < 4.78 is 36.0. The van der Waals surface area contributed by atoms with Crippen molar-refractivity contribution in [3.8, 4) is 0 Å². The molecule has 1 aromatic rings. The van der Waals surface area contributed by atoms with Crippen molar-refractivity contribution in [2.45, 2.75) is 25.7 Å². The van der Waals surface area contributed by atoms with Crippen LogP contribution < -0.4 is 5.32 Å². The molecule has 0 aliphatic carbocycles. The van der Waals surface area contributed by atoms with Gasteiger partial charge in [0, 0.05) is 19.7 Å². The lowest BCUT2D eigenvalue weighted by molar-refractivity contribution is -0.151. The Bertz CT molecular complexity index is 734. The number of carbonyl (C=O) groups is 2. The van der Waals surface area contributed by atoms with Crippen molar-refractivity contribution >= 4 is 39.2 Å². The van der Waals surface area contributed by atoms with Gasteiger partial charge in [0.25, 0.3) is 5.91 Å². The van der Waals surface area contributed by atoms with Gasteiger partial charge in [-0.05, 0) is 25.1 Å². The van der Waals surface area contributed by atoms with E-state index >= 15 is 0 Å². The fourth-order valence-corrected chi connectivity index (χ4v) is 3.68. The number of sulfonamides is 1. The summed E-state index contributed by atoms with van der Waals surface area (Å²) >= 11 is 6.02. The van der Waals surface area contributed by atoms with E-state index in [2.05, 4.69) is 5.32 Å². The summed E-state index contributed by atoms with van der Waals surface area (Å²) in [5, 5.41) is 2.60. The Morgan fingerprint density at radius 1 is 1.15 bits per heavy atom. The van der Waals surface area contributed by atoms with E-state index in [-0.39, 0.29) is 22.2 Å². The molecule has 0 aliphatic heterocycles. The SMILES string of the molecule is CCOCC(=O)OCC(=O)Nc1cc(S(=O)(=O)N(CC)CC)ccc1Cl. The van der Waals surface area contributed by atoms with Gasteiger partial charge in [0.05, 0.1) is 15.6 Å². The van der Waals surface area contributed by atoms with Crippen molar-refractivity contribution in [2.24, 2.45) is 0 Å². The summed E-state index contributed by atoms with van der Waals surface area (Å²) in [5.41, 5.74) is 0.116. The normalized spacial score (nSPS) is 11.4. The lowest BCUT2D eigenvalue weighted by atomic mass is 10.3. The van der Waals surface area contributed by atoms with Crippen molar-refractivity contribution in [3.05, 3.63) is 23.2 Å². The van der Waals surface area contributed by atoms with E-state index in [1.54, 1.807) is 20.8 Å². The van der Waals surface area contributed by atoms with E-state index in [0.29, 0.717) is 19.7 Å². The molecular weight excluding hydrogens is 384 g/mol. The first kappa shape index (κ1) is 22.4. The van der Waals surface area contributed by atoms with Gasteiger partial charge in [-0.25, -0.2) is 13.2 Å². The van der Waals surface area contributed by atoms with Crippen LogP contribution in [0.2, 0.25) is 5.02 Å². The molecule has 0 atom stereocenters. The van der Waals surface area contributed by atoms with E-state index in [1.807, 2.05) is 0 Å². The van der Waals surface area contributed by atoms with Gasteiger partial charge in [-0.3, -0.25) is 4.79 Å². The van der Waals surface area contributed by atoms with Gasteiger partial charge in [-0.15, -0.1) is 0 Å². The first-order valence-electron chi connectivity index (χ1n) is 8.09. The minimum Gasteiger partial charge on any atom is -0.454 e. The summed E-state index contributed by atoms with van der Waals surface area (Å²) in [5.74, 6) is -1.32. The quantitative estimate of drug-likeness (QED) is 0.595. The van der Waals surface area contributed by atoms with Crippen LogP contribution >= 0.6 is 11.6 Å². The predicted molar refractivity (Wildman–Crippen MR) is 97.6 cm³/mol. The highest BCUT2D eigenvalue weighted by Crippen LogP contribution is 2.27. The molecule has 0 spiro atoms. The molecule has 26 heavy (non-hydrogen) atoms. The number of carbonyl (C=O) groups excluding carboxylic acids is 2. The lowest BCUT2D eigenvalue weighted by Crippen LogP contribution is -2.30. The number of nitrogens with one attached hydrogen (secondary N) is 1. The number of rotatable bonds is 10. The lowest BCUT2D eigenvalue weighted by Gasteiger charge is -2.19. The zero-order valence-electron chi connectivity index (χ0n) is 15.0. The average molecular weight is 407 g/mol. The Morgan fingerprint density at radius 3 is 2.38 bits per heavy atom. The third-order valence-corrected chi connectivity index (χ3v) is 5.72. The number of hydrogen-bond acceptors (Lipinski definition) is 6. The highest BCUT2D eigenvalue weighted by Gasteiger charge is 2.23. The zero-order valence-corrected chi connectivity index (χ0v) is 16.5. The van der Waals surface area contributed by atoms with Crippen molar-refractivity contribution in [3.63, 3.8) is 0 Å². The summed E-state index contributed by atoms with van der Waals surface area (Å²) in [7, 11) is -3.69. The molecule has 1 rings (SSSR count). The molecule has 0 radical (unpaired) electrons. The molecule has 0 bridgehead atoms. The molecule has 0 fully saturated rings. The molecule has 0 saturated heterocycles. The second-order valence-corrected chi connectivity index (χ2v) is 7.42. The van der Waals surface area contributed by atoms with Gasteiger partial charge in [-0.1, -0.05) is 25.4 Å². The Labute approximate surface area is 158 Å². The van der Waals surface area contributed by atoms with E-state index in [1.165, 1.54) is 22.5 Å². The number of nitrogens with zero attached hydrogens (tertiary/aromatic N) is 1. The van der Waals surface area contributed by atoms with Crippen molar-refractivity contribution in [1.29, 1.82) is 0 Å². The summed E-state index contributed by atoms with van der Waals surface area (Å²) in [6.45, 7) is 5.40. The smallest absolute Gasteiger partial charge is 0.332 e. The van der Waals surface area contributed by atoms with Crippen molar-refractivity contribution in [2.75, 3.05) is 38.2 Å². The largest absolute Gasteiger partial charge is 0.454 e. The molecule has 0 heterocycles. The van der Waals surface area contributed by atoms with Crippen LogP contribution in [0.5, 0.6) is 0 Å². The Morgan fingerprint density at radius 2 is 1.81 bits per heavy atom. The number of amides is 1. The van der Waals surface area contributed by atoms with Crippen LogP contribution in [0.25, 0.3) is 0 Å². The highest BCUT2D eigenvalue weighted by molar-refractivity contribution is 7.89. The standard InChI is InChI=1S/C16H23ClN2O6S/c1-4-19(5-2)26(22,23)12-7-8-13(17)14(9-12)18-15(20)10-25-16(21)11-24-6-3/h7-9H,4-6,10-11H2,1-3H3,(H,18,20). The van der Waals surface area contributed by atoms with Gasteiger partial charge < -0.3 is 14.8 Å². The number of esters is 1. The molecule has 1 amide bonds. The van der Waals surface area contributed by atoms with Crippen LogP contribution in [-0.2, 0) is 29.1 Å². The van der Waals surface area contributed by atoms with Crippen LogP contribution in [0.3, 0.4) is 0 Å². The van der Waals surface area contributed by atoms with Gasteiger partial charge in [0.15, 0.2) is 6.61 Å². The fraction of sp³-hybridized carbons (Fsp3) is 0.500. The summed E-state index contributed by atoms with van der Waals surface area (Å²) in [6.07, 6.45) is 0. The maximum Gasteiger partial charge on any atom is 0.332 e. The average Bonchev–Trinajstić information content (AvgIpc) is 2.60. The van der Waals surface area contributed by atoms with Crippen LogP contribution in [0.4, 0.5) is 5.69 Å². The molecule has 146 valence electrons. The minimum atomic E-state index is -3.69. The molecule has 0 aliphatic rings. The Balaban J connectivity index is 2.85. The van der Waals surface area contributed by atoms with Gasteiger partial charge >= 0.3 is 5.97 Å². The monoisotopic (exact) mass is 406 g/mol. The highest BCUT2D eigenvalue weighted by atomic mass is 35.5. The molecule has 0 unspecified atom stereocenters. The summed E-state index contributed by atoms with van der Waals surface area (Å²) in [6, 6.07) is 4.03. The van der Waals surface area contributed by atoms with Crippen molar-refractivity contribution < 1.29 is 27.5 Å². The number of anilines is 1. The predicted octanol–water partition coefficient (Wildman–Crippen LogP) is 1.89. The number of benzene rings is 1. The second-order valence-electron chi connectivity index (χ2n) is 5.08. The van der Waals surface area contributed by atoms with E-state index in [0.717, 1.165) is 0 Å². The van der Waals surface area contributed by atoms with Crippen LogP contribution in [-0.4, -0.2) is 57.5 Å². The van der Waals surface area contributed by atoms with Gasteiger partial charge in [-0.2, -0.15) is 4.31 Å². The molecule has 10 heteroatoms. The van der Waals surface area contributed by atoms with Crippen LogP contribution in [0.1, 0.15) is 20.8 Å². The molecule has 1 N–H and O–H groups in total. The van der Waals surface area contributed by atoms with E-state index < -0.39 is 28.5 Å². The van der Waals surface area contributed by atoms with Crippen molar-refractivity contribution in [1.82, 2.24) is 4.31 Å². The molecular formula is C16H23ClN2O6S. The molecule has 1 aromatic carbocycles. The zero-order chi connectivity index (χ0) is 19.7. The molecule has 0 saturated carbocycles. The third-order valence-electron chi connectivity index (χ3n) is 3.34. The Kier molecular flexibility index (Phi) is 9.00. The fourth-order valence-electron chi connectivity index (χ4n) is 2.03. The first-order chi connectivity index (χ1) is 12.3. The van der Waals surface area contributed by atoms with Crippen LogP contribution in [0.15, 0.2) is 23.1 Å². The summed E-state index contributed by atoms with van der Waals surface area (Å²) in [4.78, 5) is 23.2. The second kappa shape index (κ2) is 10.5. The van der Waals surface area contributed by atoms with E-state index in [9.17, 15) is 18.0 Å². The number of halogens is 1. The third kappa shape index (κ3) is 6.24. The first-order valence-corrected chi connectivity index (χ1v) is 9.90. The molecule has 0 aromatic heterocycles. The van der Waals surface area contributed by atoms with Gasteiger partial charge in [0.1, 0.15) is 6.61 Å². The maximum absolute atomic E-state index is 12.5. The minimum absolute atomic E-state index is 0.00856. The topological polar surface area (TPSA) is 102 Å².